The van der Waals surface area contributed by atoms with Crippen LogP contribution in [0.4, 0.5) is 0 Å². The van der Waals surface area contributed by atoms with Crippen molar-refractivity contribution in [2.24, 2.45) is 0 Å². The fourth-order valence-electron chi connectivity index (χ4n) is 3.37. The van der Waals surface area contributed by atoms with Crippen LogP contribution in [0.25, 0.3) is 0 Å². The minimum atomic E-state index is -0.138. The van der Waals surface area contributed by atoms with E-state index in [-0.39, 0.29) is 17.0 Å². The zero-order valence-electron chi connectivity index (χ0n) is 13.3. The van der Waals surface area contributed by atoms with Gasteiger partial charge < -0.3 is 15.4 Å². The molecule has 116 valence electrons. The van der Waals surface area contributed by atoms with Gasteiger partial charge in [0, 0.05) is 25.0 Å². The normalized spacial score (nSPS) is 25.2. The standard InChI is InChI=1S/C16H30N2O2/c1-15(2,3)18-14(19)7-11-17-12-13-6-10-16(20-13)8-4-5-9-16/h13,17H,4-12H2,1-3H3,(H,18,19). The van der Waals surface area contributed by atoms with Gasteiger partial charge in [-0.15, -0.1) is 0 Å². The molecule has 0 radical (unpaired) electrons. The summed E-state index contributed by atoms with van der Waals surface area (Å²) in [6, 6.07) is 0. The molecule has 1 spiro atoms. The zero-order valence-corrected chi connectivity index (χ0v) is 13.3. The summed E-state index contributed by atoms with van der Waals surface area (Å²) >= 11 is 0. The number of carbonyl (C=O) groups is 1. The smallest absolute Gasteiger partial charge is 0.221 e. The van der Waals surface area contributed by atoms with Gasteiger partial charge in [-0.25, -0.2) is 0 Å². The summed E-state index contributed by atoms with van der Waals surface area (Å²) in [5.41, 5.74) is 0.0798. The first-order valence-corrected chi connectivity index (χ1v) is 8.08. The Kier molecular flexibility index (Phi) is 5.08. The molecular formula is C16H30N2O2. The Bertz CT molecular complexity index is 330. The molecule has 2 rings (SSSR count). The molecule has 1 unspecified atom stereocenters. The van der Waals surface area contributed by atoms with E-state index in [1.807, 2.05) is 20.8 Å². The Morgan fingerprint density at radius 2 is 1.95 bits per heavy atom. The van der Waals surface area contributed by atoms with E-state index >= 15 is 0 Å². The summed E-state index contributed by atoms with van der Waals surface area (Å²) in [7, 11) is 0. The largest absolute Gasteiger partial charge is 0.370 e. The van der Waals surface area contributed by atoms with Crippen molar-refractivity contribution >= 4 is 5.91 Å². The fraction of sp³-hybridized carbons (Fsp3) is 0.938. The summed E-state index contributed by atoms with van der Waals surface area (Å²) in [6.45, 7) is 7.63. The third kappa shape index (κ3) is 4.74. The minimum absolute atomic E-state index is 0.115. The molecule has 2 fully saturated rings. The van der Waals surface area contributed by atoms with Gasteiger partial charge in [-0.1, -0.05) is 12.8 Å². The highest BCUT2D eigenvalue weighted by Crippen LogP contribution is 2.43. The average Bonchev–Trinajstić information content (AvgIpc) is 2.94. The molecule has 0 aromatic rings. The summed E-state index contributed by atoms with van der Waals surface area (Å²) < 4.78 is 6.23. The third-order valence-corrected chi connectivity index (χ3v) is 4.27. The SMILES string of the molecule is CC(C)(C)NC(=O)CCNCC1CCC2(CCCC2)O1. The molecule has 2 N–H and O–H groups in total. The van der Waals surface area contributed by atoms with Gasteiger partial charge in [0.05, 0.1) is 11.7 Å². The molecule has 0 aromatic carbocycles. The van der Waals surface area contributed by atoms with Crippen LogP contribution in [0.5, 0.6) is 0 Å². The van der Waals surface area contributed by atoms with E-state index < -0.39 is 0 Å². The lowest BCUT2D eigenvalue weighted by Crippen LogP contribution is -2.42. The highest BCUT2D eigenvalue weighted by atomic mass is 16.5. The predicted molar refractivity (Wildman–Crippen MR) is 80.7 cm³/mol. The fourth-order valence-corrected chi connectivity index (χ4v) is 3.37. The number of hydrogen-bond donors (Lipinski definition) is 2. The van der Waals surface area contributed by atoms with E-state index in [9.17, 15) is 4.79 Å². The van der Waals surface area contributed by atoms with Crippen LogP contribution >= 0.6 is 0 Å². The van der Waals surface area contributed by atoms with Crippen molar-refractivity contribution in [3.63, 3.8) is 0 Å². The van der Waals surface area contributed by atoms with Crippen molar-refractivity contribution in [3.05, 3.63) is 0 Å². The lowest BCUT2D eigenvalue weighted by Gasteiger charge is -2.24. The zero-order chi connectivity index (χ0) is 14.6. The molecule has 1 heterocycles. The number of carbonyl (C=O) groups excluding carboxylic acids is 1. The van der Waals surface area contributed by atoms with Crippen molar-refractivity contribution in [2.45, 2.75) is 83.0 Å². The predicted octanol–water partition coefficient (Wildman–Crippen LogP) is 2.37. The molecule has 20 heavy (non-hydrogen) atoms. The summed E-state index contributed by atoms with van der Waals surface area (Å²) in [4.78, 5) is 11.7. The molecule has 4 nitrogen and oxygen atoms in total. The number of amides is 1. The van der Waals surface area contributed by atoms with Crippen molar-refractivity contribution in [3.8, 4) is 0 Å². The molecule has 0 bridgehead atoms. The van der Waals surface area contributed by atoms with Crippen LogP contribution in [0, 0.1) is 0 Å². The molecular weight excluding hydrogens is 252 g/mol. The number of rotatable bonds is 5. The maximum Gasteiger partial charge on any atom is 0.221 e. The van der Waals surface area contributed by atoms with E-state index in [0.29, 0.717) is 12.5 Å². The van der Waals surface area contributed by atoms with Gasteiger partial charge >= 0.3 is 0 Å². The van der Waals surface area contributed by atoms with Crippen LogP contribution in [-0.2, 0) is 9.53 Å². The topological polar surface area (TPSA) is 50.4 Å². The Balaban J connectivity index is 1.57. The first-order chi connectivity index (χ1) is 9.39. The molecule has 1 aliphatic heterocycles. The molecule has 0 aromatic heterocycles. The van der Waals surface area contributed by atoms with Gasteiger partial charge in [0.2, 0.25) is 5.91 Å². The summed E-state index contributed by atoms with van der Waals surface area (Å²) in [6.07, 6.45) is 8.42. The van der Waals surface area contributed by atoms with Crippen LogP contribution in [0.3, 0.4) is 0 Å². The van der Waals surface area contributed by atoms with Gasteiger partial charge in [-0.05, 0) is 46.5 Å². The molecule has 1 amide bonds. The minimum Gasteiger partial charge on any atom is -0.370 e. The van der Waals surface area contributed by atoms with Crippen molar-refractivity contribution in [1.29, 1.82) is 0 Å². The number of hydrogen-bond acceptors (Lipinski definition) is 3. The van der Waals surface area contributed by atoms with Crippen molar-refractivity contribution in [2.75, 3.05) is 13.1 Å². The van der Waals surface area contributed by atoms with Crippen molar-refractivity contribution in [1.82, 2.24) is 10.6 Å². The van der Waals surface area contributed by atoms with Crippen LogP contribution in [0.15, 0.2) is 0 Å². The van der Waals surface area contributed by atoms with Crippen molar-refractivity contribution < 1.29 is 9.53 Å². The van der Waals surface area contributed by atoms with Crippen LogP contribution in [0.2, 0.25) is 0 Å². The van der Waals surface area contributed by atoms with Gasteiger partial charge in [-0.3, -0.25) is 4.79 Å². The van der Waals surface area contributed by atoms with Crippen LogP contribution < -0.4 is 10.6 Å². The number of ether oxygens (including phenoxy) is 1. The van der Waals surface area contributed by atoms with Gasteiger partial charge in [0.1, 0.15) is 0 Å². The maximum absolute atomic E-state index is 11.7. The van der Waals surface area contributed by atoms with Crippen LogP contribution in [-0.4, -0.2) is 36.2 Å². The first kappa shape index (κ1) is 15.8. The monoisotopic (exact) mass is 282 g/mol. The second-order valence-electron chi connectivity index (χ2n) is 7.42. The quantitative estimate of drug-likeness (QED) is 0.761. The summed E-state index contributed by atoms with van der Waals surface area (Å²) in [5.74, 6) is 0.115. The van der Waals surface area contributed by atoms with E-state index in [4.69, 9.17) is 4.74 Å². The lowest BCUT2D eigenvalue weighted by atomic mass is 9.98. The third-order valence-electron chi connectivity index (χ3n) is 4.27. The van der Waals surface area contributed by atoms with Gasteiger partial charge in [0.15, 0.2) is 0 Å². The lowest BCUT2D eigenvalue weighted by molar-refractivity contribution is -0.122. The average molecular weight is 282 g/mol. The highest BCUT2D eigenvalue weighted by Gasteiger charge is 2.41. The molecule has 4 heteroatoms. The molecule has 1 saturated heterocycles. The molecule has 1 aliphatic carbocycles. The first-order valence-electron chi connectivity index (χ1n) is 8.08. The number of nitrogens with one attached hydrogen (secondary N) is 2. The second-order valence-corrected chi connectivity index (χ2v) is 7.42. The maximum atomic E-state index is 11.7. The van der Waals surface area contributed by atoms with Crippen LogP contribution in [0.1, 0.15) is 65.7 Å². The Morgan fingerprint density at radius 3 is 2.60 bits per heavy atom. The van der Waals surface area contributed by atoms with E-state index in [0.717, 1.165) is 13.1 Å². The molecule has 1 saturated carbocycles. The molecule has 2 aliphatic rings. The van der Waals surface area contributed by atoms with Gasteiger partial charge in [-0.2, -0.15) is 0 Å². The second kappa shape index (κ2) is 6.44. The van der Waals surface area contributed by atoms with E-state index in [2.05, 4.69) is 10.6 Å². The summed E-state index contributed by atoms with van der Waals surface area (Å²) in [5, 5.41) is 6.34. The van der Waals surface area contributed by atoms with E-state index in [1.54, 1.807) is 0 Å². The molecule has 1 atom stereocenters. The van der Waals surface area contributed by atoms with E-state index in [1.165, 1.54) is 38.5 Å². The Morgan fingerprint density at radius 1 is 1.25 bits per heavy atom. The Labute approximate surface area is 123 Å². The Hall–Kier alpha value is -0.610. The highest BCUT2D eigenvalue weighted by molar-refractivity contribution is 5.76. The van der Waals surface area contributed by atoms with Gasteiger partial charge in [0.25, 0.3) is 0 Å².